The molecular formula is C31H34N6O3. The molecule has 1 aliphatic rings. The number of pyridine rings is 3. The maximum Gasteiger partial charge on any atom is 0.163 e. The number of carbonyl (C=O) groups is 1. The number of ether oxygens (including phenoxy) is 1. The number of hydrogen-bond acceptors (Lipinski definition) is 8. The smallest absolute Gasteiger partial charge is 0.163 e. The van der Waals surface area contributed by atoms with Crippen LogP contribution in [0.5, 0.6) is 5.75 Å². The molecule has 0 bridgehead atoms. The summed E-state index contributed by atoms with van der Waals surface area (Å²) in [6.45, 7) is 9.21. The van der Waals surface area contributed by atoms with Crippen LogP contribution in [0.3, 0.4) is 0 Å². The summed E-state index contributed by atoms with van der Waals surface area (Å²) in [6, 6.07) is 11.7. The molecule has 0 radical (unpaired) electrons. The highest BCUT2D eigenvalue weighted by Crippen LogP contribution is 2.37. The summed E-state index contributed by atoms with van der Waals surface area (Å²) in [7, 11) is 0. The molecule has 0 saturated carbocycles. The molecule has 0 aliphatic carbocycles. The Hall–Kier alpha value is -4.29. The number of carbonyl (C=O) groups excluding carboxylic acids is 1. The van der Waals surface area contributed by atoms with E-state index in [-0.39, 0.29) is 17.8 Å². The Morgan fingerprint density at radius 3 is 2.60 bits per heavy atom. The van der Waals surface area contributed by atoms with Crippen molar-refractivity contribution in [3.8, 4) is 22.9 Å². The molecule has 4 aromatic heterocycles. The highest BCUT2D eigenvalue weighted by atomic mass is 16.5. The van der Waals surface area contributed by atoms with Gasteiger partial charge >= 0.3 is 0 Å². The second kappa shape index (κ2) is 10.7. The molecular weight excluding hydrogens is 504 g/mol. The number of aryl methyl sites for hydroxylation is 1. The van der Waals surface area contributed by atoms with Gasteiger partial charge in [-0.05, 0) is 69.4 Å². The fraction of sp³-hybridized carbons (Fsp3) is 0.387. The highest BCUT2D eigenvalue weighted by Gasteiger charge is 2.33. The molecule has 4 aromatic rings. The predicted octanol–water partition coefficient (Wildman–Crippen LogP) is 5.00. The van der Waals surface area contributed by atoms with E-state index in [0.717, 1.165) is 54.1 Å². The Kier molecular flexibility index (Phi) is 7.30. The number of ketones is 1. The normalized spacial score (nSPS) is 15.2. The van der Waals surface area contributed by atoms with Crippen LogP contribution in [0.25, 0.3) is 16.6 Å². The zero-order chi connectivity index (χ0) is 28.5. The van der Waals surface area contributed by atoms with Crippen LogP contribution in [0.1, 0.15) is 61.6 Å². The third-order valence-electron chi connectivity index (χ3n) is 7.46. The molecule has 206 valence electrons. The van der Waals surface area contributed by atoms with Gasteiger partial charge in [-0.1, -0.05) is 6.92 Å². The minimum atomic E-state index is -0.990. The zero-order valence-corrected chi connectivity index (χ0v) is 23.4. The SMILES string of the molecule is Cc1cc(C(=O)CC2(C)CCN(c3ccc(-c4cc(OCC(C)(C)O)cn5ncc(C#N)c45)cn3)CC2)ccn1. The standard InChI is InChI=1S/C31H34N6O3/c1-21-13-22(7-10-33-21)27(38)15-31(4)8-11-36(12-9-31)28-6-5-23(17-34-28)26-14-25(40-20-30(2,3)39)19-37-29(26)24(16-32)18-35-37/h5-7,10,13-14,17-19,39H,8-9,11-12,15,20H2,1-4H3. The number of nitrogens with zero attached hydrogens (tertiary/aromatic N) is 6. The van der Waals surface area contributed by atoms with Gasteiger partial charge in [0.2, 0.25) is 0 Å². The number of piperidine rings is 1. The van der Waals surface area contributed by atoms with Crippen molar-refractivity contribution in [3.05, 3.63) is 71.9 Å². The van der Waals surface area contributed by atoms with Gasteiger partial charge in [-0.25, -0.2) is 9.50 Å². The summed E-state index contributed by atoms with van der Waals surface area (Å²) in [5.74, 6) is 1.58. The number of hydrogen-bond donors (Lipinski definition) is 1. The van der Waals surface area contributed by atoms with Gasteiger partial charge in [-0.2, -0.15) is 10.4 Å². The van der Waals surface area contributed by atoms with Crippen molar-refractivity contribution in [1.82, 2.24) is 19.6 Å². The minimum Gasteiger partial charge on any atom is -0.489 e. The molecule has 1 fully saturated rings. The largest absolute Gasteiger partial charge is 0.489 e. The number of anilines is 1. The van der Waals surface area contributed by atoms with Crippen molar-refractivity contribution >= 4 is 17.1 Å². The lowest BCUT2D eigenvalue weighted by molar-refractivity contribution is 0.0283. The highest BCUT2D eigenvalue weighted by molar-refractivity contribution is 5.96. The minimum absolute atomic E-state index is 0.0599. The third kappa shape index (κ3) is 5.97. The van der Waals surface area contributed by atoms with Gasteiger partial charge in [0.1, 0.15) is 24.2 Å². The van der Waals surface area contributed by atoms with Gasteiger partial charge < -0.3 is 14.7 Å². The Labute approximate surface area is 234 Å². The van der Waals surface area contributed by atoms with Gasteiger partial charge in [0, 0.05) is 54.3 Å². The Morgan fingerprint density at radius 2 is 1.95 bits per heavy atom. The lowest BCUT2D eigenvalue weighted by Crippen LogP contribution is -2.40. The molecule has 0 aromatic carbocycles. The van der Waals surface area contributed by atoms with Crippen LogP contribution in [0, 0.1) is 23.7 Å². The molecule has 1 saturated heterocycles. The Balaban J connectivity index is 1.31. The predicted molar refractivity (Wildman–Crippen MR) is 152 cm³/mol. The van der Waals surface area contributed by atoms with Crippen LogP contribution in [0.2, 0.25) is 0 Å². The van der Waals surface area contributed by atoms with E-state index in [1.807, 2.05) is 37.4 Å². The van der Waals surface area contributed by atoms with E-state index in [2.05, 4.69) is 28.0 Å². The first-order valence-corrected chi connectivity index (χ1v) is 13.5. The molecule has 0 amide bonds. The third-order valence-corrected chi connectivity index (χ3v) is 7.46. The second-order valence-electron chi connectivity index (χ2n) is 11.6. The quantitative estimate of drug-likeness (QED) is 0.312. The average molecular weight is 539 g/mol. The molecule has 0 unspecified atom stereocenters. The molecule has 0 atom stereocenters. The Bertz CT molecular complexity index is 1570. The lowest BCUT2D eigenvalue weighted by atomic mass is 9.75. The average Bonchev–Trinajstić information content (AvgIpc) is 3.35. The first kappa shape index (κ1) is 27.3. The van der Waals surface area contributed by atoms with Gasteiger partial charge in [-0.3, -0.25) is 9.78 Å². The monoisotopic (exact) mass is 538 g/mol. The lowest BCUT2D eigenvalue weighted by Gasteiger charge is -2.39. The number of fused-ring (bicyclic) bond motifs is 1. The van der Waals surface area contributed by atoms with E-state index in [1.165, 1.54) is 6.20 Å². The number of nitriles is 1. The van der Waals surface area contributed by atoms with E-state index in [9.17, 15) is 15.2 Å². The summed E-state index contributed by atoms with van der Waals surface area (Å²) in [5.41, 5.74) is 3.28. The summed E-state index contributed by atoms with van der Waals surface area (Å²) in [5, 5.41) is 24.1. The summed E-state index contributed by atoms with van der Waals surface area (Å²) >= 11 is 0. The van der Waals surface area contributed by atoms with E-state index in [1.54, 1.807) is 36.8 Å². The number of rotatable bonds is 8. The molecule has 9 heteroatoms. The molecule has 40 heavy (non-hydrogen) atoms. The molecule has 9 nitrogen and oxygen atoms in total. The fourth-order valence-electron chi connectivity index (χ4n) is 5.13. The summed E-state index contributed by atoms with van der Waals surface area (Å²) in [4.78, 5) is 24.1. The van der Waals surface area contributed by atoms with Crippen LogP contribution < -0.4 is 9.64 Å². The molecule has 1 N–H and O–H groups in total. The van der Waals surface area contributed by atoms with E-state index < -0.39 is 5.60 Å². The first-order chi connectivity index (χ1) is 19.0. The van der Waals surface area contributed by atoms with Crippen LogP contribution in [0.4, 0.5) is 5.82 Å². The molecule has 5 rings (SSSR count). The van der Waals surface area contributed by atoms with Crippen molar-refractivity contribution in [3.63, 3.8) is 0 Å². The van der Waals surface area contributed by atoms with E-state index in [0.29, 0.717) is 23.3 Å². The molecule has 5 heterocycles. The Morgan fingerprint density at radius 1 is 1.18 bits per heavy atom. The van der Waals surface area contributed by atoms with Gasteiger partial charge in [0.15, 0.2) is 5.78 Å². The van der Waals surface area contributed by atoms with Crippen molar-refractivity contribution in [2.24, 2.45) is 5.41 Å². The number of aromatic nitrogens is 4. The first-order valence-electron chi connectivity index (χ1n) is 13.5. The fourth-order valence-corrected chi connectivity index (χ4v) is 5.13. The van der Waals surface area contributed by atoms with E-state index in [4.69, 9.17) is 9.72 Å². The summed E-state index contributed by atoms with van der Waals surface area (Å²) in [6.07, 6.45) is 9.06. The number of aliphatic hydroxyl groups is 1. The van der Waals surface area contributed by atoms with Crippen LogP contribution >= 0.6 is 0 Å². The maximum atomic E-state index is 12.9. The van der Waals surface area contributed by atoms with Crippen LogP contribution in [-0.4, -0.2) is 55.8 Å². The van der Waals surface area contributed by atoms with Gasteiger partial charge in [0.25, 0.3) is 0 Å². The molecule has 1 aliphatic heterocycles. The van der Waals surface area contributed by atoms with Crippen molar-refractivity contribution in [2.45, 2.75) is 52.6 Å². The van der Waals surface area contributed by atoms with Gasteiger partial charge in [-0.15, -0.1) is 0 Å². The van der Waals surface area contributed by atoms with Crippen molar-refractivity contribution < 1.29 is 14.6 Å². The zero-order valence-electron chi connectivity index (χ0n) is 23.4. The van der Waals surface area contributed by atoms with Crippen LogP contribution in [0.15, 0.2) is 55.1 Å². The van der Waals surface area contributed by atoms with Crippen molar-refractivity contribution in [1.29, 1.82) is 5.26 Å². The van der Waals surface area contributed by atoms with Gasteiger partial charge in [0.05, 0.1) is 29.1 Å². The second-order valence-corrected chi connectivity index (χ2v) is 11.6. The molecule has 0 spiro atoms. The number of Topliss-reactive ketones (excluding diaryl/α,β-unsaturated/α-hetero) is 1. The van der Waals surface area contributed by atoms with Crippen molar-refractivity contribution in [2.75, 3.05) is 24.6 Å². The maximum absolute atomic E-state index is 12.9. The van der Waals surface area contributed by atoms with Crippen LogP contribution in [-0.2, 0) is 0 Å². The topological polar surface area (TPSA) is 117 Å². The van der Waals surface area contributed by atoms with E-state index >= 15 is 0 Å². The summed E-state index contributed by atoms with van der Waals surface area (Å²) < 4.78 is 7.46.